The van der Waals surface area contributed by atoms with E-state index in [0.29, 0.717) is 31.9 Å². The number of allylic oxidation sites excluding steroid dienone is 2. The fourth-order valence-electron chi connectivity index (χ4n) is 5.97. The summed E-state index contributed by atoms with van der Waals surface area (Å²) in [5.74, 6) is -0.290. The van der Waals surface area contributed by atoms with Crippen molar-refractivity contribution in [1.29, 1.82) is 0 Å². The zero-order valence-corrected chi connectivity index (χ0v) is 30.5. The van der Waals surface area contributed by atoms with E-state index in [1.807, 2.05) is 41.5 Å². The first-order valence-electron chi connectivity index (χ1n) is 17.5. The lowest BCUT2D eigenvalue weighted by Gasteiger charge is -2.35. The van der Waals surface area contributed by atoms with Crippen molar-refractivity contribution < 1.29 is 22.3 Å². The number of anilines is 2. The molecule has 0 aliphatic carbocycles. The first-order chi connectivity index (χ1) is 23.4. The number of benzene rings is 3. The largest absolute Gasteiger partial charge is 0.416 e. The maximum absolute atomic E-state index is 13.7. The second-order valence-electron chi connectivity index (χ2n) is 12.4. The van der Waals surface area contributed by atoms with Crippen LogP contribution < -0.4 is 9.80 Å². The molecular weight excluding hydrogens is 626 g/mol. The van der Waals surface area contributed by atoms with Crippen LogP contribution in [-0.2, 0) is 29.3 Å². The number of aryl methyl sites for hydroxylation is 1. The number of nitrogens with zero attached hydrogens (tertiary/aromatic N) is 3. The summed E-state index contributed by atoms with van der Waals surface area (Å²) in [6, 6.07) is 16.3. The third kappa shape index (κ3) is 9.84. The Labute approximate surface area is 291 Å². The van der Waals surface area contributed by atoms with Crippen LogP contribution >= 0.6 is 0 Å². The van der Waals surface area contributed by atoms with Crippen molar-refractivity contribution in [3.63, 3.8) is 0 Å². The minimum absolute atomic E-state index is 0.290. The number of aliphatic imine (C=N–C) groups is 1. The molecule has 1 saturated heterocycles. The minimum Gasteiger partial charge on any atom is -0.378 e. The van der Waals surface area contributed by atoms with Crippen LogP contribution in [0.25, 0.3) is 0 Å². The van der Waals surface area contributed by atoms with Gasteiger partial charge in [0, 0.05) is 60.5 Å². The first kappa shape index (κ1) is 39.5. The van der Waals surface area contributed by atoms with Crippen molar-refractivity contribution in [2.75, 3.05) is 36.1 Å². The van der Waals surface area contributed by atoms with Crippen molar-refractivity contribution in [2.45, 2.75) is 92.8 Å². The predicted octanol–water partition coefficient (Wildman–Crippen LogP) is 11.2. The summed E-state index contributed by atoms with van der Waals surface area (Å²) >= 11 is 0. The van der Waals surface area contributed by atoms with E-state index in [-0.39, 0.29) is 5.82 Å². The molecule has 8 heteroatoms. The normalized spacial score (nSPS) is 14.9. The van der Waals surface area contributed by atoms with E-state index in [4.69, 9.17) is 9.73 Å². The van der Waals surface area contributed by atoms with E-state index >= 15 is 0 Å². The van der Waals surface area contributed by atoms with Crippen molar-refractivity contribution in [1.82, 2.24) is 0 Å². The van der Waals surface area contributed by atoms with Crippen molar-refractivity contribution in [3.8, 4) is 0 Å². The molecule has 0 N–H and O–H groups in total. The highest BCUT2D eigenvalue weighted by Crippen LogP contribution is 2.39. The molecule has 2 heterocycles. The molecular formula is C41H53F4N3O. The third-order valence-corrected chi connectivity index (χ3v) is 8.80. The van der Waals surface area contributed by atoms with Gasteiger partial charge in [-0.15, -0.1) is 0 Å². The molecule has 3 aromatic rings. The molecule has 3 aromatic carbocycles. The van der Waals surface area contributed by atoms with Gasteiger partial charge in [-0.1, -0.05) is 91.8 Å². The Morgan fingerprint density at radius 2 is 1.47 bits per heavy atom. The lowest BCUT2D eigenvalue weighted by atomic mass is 9.82. The van der Waals surface area contributed by atoms with E-state index in [1.54, 1.807) is 24.3 Å². The van der Waals surface area contributed by atoms with Crippen LogP contribution in [0, 0.1) is 12.7 Å². The van der Waals surface area contributed by atoms with Gasteiger partial charge < -0.3 is 14.5 Å². The number of hydrogen-bond acceptors (Lipinski definition) is 4. The summed E-state index contributed by atoms with van der Waals surface area (Å²) in [7, 11) is 0. The summed E-state index contributed by atoms with van der Waals surface area (Å²) in [6.45, 7) is 24.0. The molecule has 266 valence electrons. The van der Waals surface area contributed by atoms with Gasteiger partial charge in [0.2, 0.25) is 0 Å². The Morgan fingerprint density at radius 3 is 2.04 bits per heavy atom. The zero-order chi connectivity index (χ0) is 36.4. The smallest absolute Gasteiger partial charge is 0.378 e. The number of morpholine rings is 1. The van der Waals surface area contributed by atoms with Crippen molar-refractivity contribution in [3.05, 3.63) is 118 Å². The van der Waals surface area contributed by atoms with E-state index in [1.165, 1.54) is 17.7 Å². The molecule has 1 fully saturated rings. The molecule has 0 aromatic heterocycles. The van der Waals surface area contributed by atoms with Crippen LogP contribution in [0.5, 0.6) is 0 Å². The third-order valence-electron chi connectivity index (χ3n) is 8.80. The highest BCUT2D eigenvalue weighted by atomic mass is 19.4. The molecule has 4 nitrogen and oxygen atoms in total. The van der Waals surface area contributed by atoms with E-state index in [9.17, 15) is 17.6 Å². The Hall–Kier alpha value is -3.91. The molecule has 5 rings (SSSR count). The van der Waals surface area contributed by atoms with Gasteiger partial charge in [-0.25, -0.2) is 4.39 Å². The van der Waals surface area contributed by atoms with Gasteiger partial charge >= 0.3 is 6.18 Å². The second-order valence-corrected chi connectivity index (χ2v) is 12.4. The van der Waals surface area contributed by atoms with Gasteiger partial charge in [-0.05, 0) is 71.5 Å². The number of fused-ring (bicyclic) bond motifs is 1. The van der Waals surface area contributed by atoms with E-state index < -0.39 is 17.2 Å². The second kappa shape index (κ2) is 17.7. The van der Waals surface area contributed by atoms with E-state index in [2.05, 4.69) is 48.6 Å². The quantitative estimate of drug-likeness (QED) is 0.166. The Balaban J connectivity index is 0.00000157. The maximum Gasteiger partial charge on any atom is 0.416 e. The number of rotatable bonds is 9. The monoisotopic (exact) mass is 679 g/mol. The van der Waals surface area contributed by atoms with E-state index in [0.717, 1.165) is 77.4 Å². The zero-order valence-electron chi connectivity index (χ0n) is 30.5. The van der Waals surface area contributed by atoms with Gasteiger partial charge in [0.25, 0.3) is 0 Å². The Morgan fingerprint density at radius 1 is 0.878 bits per heavy atom. The average molecular weight is 680 g/mol. The Kier molecular flexibility index (Phi) is 14.2. The van der Waals surface area contributed by atoms with Crippen LogP contribution in [0.3, 0.4) is 0 Å². The molecule has 0 amide bonds. The molecule has 0 unspecified atom stereocenters. The van der Waals surface area contributed by atoms with Gasteiger partial charge in [0.15, 0.2) is 0 Å². The molecule has 0 atom stereocenters. The minimum atomic E-state index is -4.39. The van der Waals surface area contributed by atoms with Gasteiger partial charge in [0.05, 0.1) is 18.8 Å². The average Bonchev–Trinajstić information content (AvgIpc) is 3.10. The fourth-order valence-corrected chi connectivity index (χ4v) is 5.97. The fraction of sp³-hybridized carbons (Fsp3) is 0.439. The number of alkyl halides is 3. The molecule has 0 bridgehead atoms. The standard InChI is InChI=1S/C37H41F4N3O.2C2H6/c1-6-7-33(42-26(3)36(4,5)30-12-14-32(38)15-13-30)29-21-28-20-25(2)34(43-16-18-45-19-17-43)22-35(28)44(24-29)23-27-8-10-31(11-9-27)37(39,40)41;2*1-2/h8-15,20,22,24H,3,6-7,16-19,21,23H2,1-2,4-5H3;2*1-2H3. The number of ether oxygens (including phenoxy) is 1. The van der Waals surface area contributed by atoms with Gasteiger partial charge in [0.1, 0.15) is 5.82 Å². The molecule has 0 saturated carbocycles. The van der Waals surface area contributed by atoms with Crippen LogP contribution in [0.2, 0.25) is 0 Å². The Bertz CT molecular complexity index is 1580. The molecule has 2 aliphatic heterocycles. The number of halogens is 4. The molecule has 0 radical (unpaired) electrons. The summed E-state index contributed by atoms with van der Waals surface area (Å²) in [6.07, 6.45) is 0.000610. The summed E-state index contributed by atoms with van der Waals surface area (Å²) in [4.78, 5) is 9.58. The topological polar surface area (TPSA) is 28.1 Å². The summed E-state index contributed by atoms with van der Waals surface area (Å²) in [5, 5.41) is 0. The molecule has 0 spiro atoms. The lowest BCUT2D eigenvalue weighted by molar-refractivity contribution is -0.137. The molecule has 49 heavy (non-hydrogen) atoms. The SMILES string of the molecule is C=C(N=C(CCC)C1=CN(Cc2ccc(C(F)(F)F)cc2)c2cc(N3CCOCC3)c(C)cc2C1)C(C)(C)c1ccc(F)cc1.CC.CC. The van der Waals surface area contributed by atoms with Crippen LogP contribution in [0.4, 0.5) is 28.9 Å². The number of hydrogen-bond donors (Lipinski definition) is 0. The van der Waals surface area contributed by atoms with Crippen molar-refractivity contribution >= 4 is 17.1 Å². The summed E-state index contributed by atoms with van der Waals surface area (Å²) in [5.41, 5.74) is 7.65. The maximum atomic E-state index is 13.7. The first-order valence-corrected chi connectivity index (χ1v) is 17.5. The lowest BCUT2D eigenvalue weighted by Crippen LogP contribution is -2.37. The highest BCUT2D eigenvalue weighted by Gasteiger charge is 2.31. The van der Waals surface area contributed by atoms with Crippen LogP contribution in [-0.4, -0.2) is 32.0 Å². The highest BCUT2D eigenvalue weighted by molar-refractivity contribution is 6.02. The van der Waals surface area contributed by atoms with Crippen molar-refractivity contribution in [2.24, 2.45) is 4.99 Å². The van der Waals surface area contributed by atoms with Gasteiger partial charge in [-0.2, -0.15) is 13.2 Å². The predicted molar refractivity (Wildman–Crippen MR) is 197 cm³/mol. The summed E-state index contributed by atoms with van der Waals surface area (Å²) < 4.78 is 59.1. The van der Waals surface area contributed by atoms with Crippen LogP contribution in [0.1, 0.15) is 89.1 Å². The molecule has 2 aliphatic rings. The van der Waals surface area contributed by atoms with Gasteiger partial charge in [-0.3, -0.25) is 4.99 Å². The van der Waals surface area contributed by atoms with Crippen LogP contribution in [0.15, 0.2) is 89.7 Å².